The lowest BCUT2D eigenvalue weighted by molar-refractivity contribution is -0.145. The van der Waals surface area contributed by atoms with Crippen LogP contribution in [0.4, 0.5) is 0 Å². The molecule has 4 rings (SSSR count). The van der Waals surface area contributed by atoms with Crippen molar-refractivity contribution < 1.29 is 14.3 Å². The summed E-state index contributed by atoms with van der Waals surface area (Å²) in [7, 11) is 1.34. The van der Waals surface area contributed by atoms with Gasteiger partial charge in [0.05, 0.1) is 7.11 Å². The Morgan fingerprint density at radius 3 is 2.33 bits per heavy atom. The number of carbonyl (C=O) groups excluding carboxylic acids is 2. The Morgan fingerprint density at radius 1 is 0.939 bits per heavy atom. The molecular weight excluding hydrogens is 412 g/mol. The predicted octanol–water partition coefficient (Wildman–Crippen LogP) is 4.98. The summed E-state index contributed by atoms with van der Waals surface area (Å²) in [6, 6.07) is 25.2. The van der Waals surface area contributed by atoms with Crippen LogP contribution in [-0.4, -0.2) is 30.0 Å². The molecule has 4 aromatic rings. The van der Waals surface area contributed by atoms with E-state index in [0.29, 0.717) is 12.8 Å². The minimum atomic E-state index is -0.719. The van der Waals surface area contributed by atoms with Crippen LogP contribution in [0.2, 0.25) is 0 Å². The second-order valence-electron chi connectivity index (χ2n) is 8.18. The fourth-order valence-corrected chi connectivity index (χ4v) is 4.22. The molecule has 0 saturated carbocycles. The maximum Gasteiger partial charge on any atom is 0.328 e. The van der Waals surface area contributed by atoms with Gasteiger partial charge in [-0.1, -0.05) is 78.9 Å². The molecule has 0 bridgehead atoms. The zero-order chi connectivity index (χ0) is 23.2. The van der Waals surface area contributed by atoms with E-state index in [1.54, 1.807) is 0 Å². The van der Waals surface area contributed by atoms with Crippen LogP contribution < -0.4 is 5.32 Å². The molecule has 0 aliphatic heterocycles. The topological polar surface area (TPSA) is 71.2 Å². The van der Waals surface area contributed by atoms with Crippen molar-refractivity contribution in [3.05, 3.63) is 95.6 Å². The van der Waals surface area contributed by atoms with Gasteiger partial charge in [0.25, 0.3) is 0 Å². The smallest absolute Gasteiger partial charge is 0.328 e. The van der Waals surface area contributed by atoms with Gasteiger partial charge in [-0.2, -0.15) is 0 Å². The van der Waals surface area contributed by atoms with E-state index < -0.39 is 12.0 Å². The molecule has 168 valence electrons. The van der Waals surface area contributed by atoms with Crippen molar-refractivity contribution in [3.8, 4) is 11.3 Å². The molecule has 2 N–H and O–H groups in total. The Hall–Kier alpha value is -3.86. The molecule has 1 unspecified atom stereocenters. The standard InChI is InChI=1S/C28H28N2O3/c1-19-10-9-15-22-23(27(30-26(19)22)21-13-7-4-8-14-21)16-17-25(31)29-24(28(32)33-2)18-20-11-5-3-6-12-20/h3-15,24,30H,16-18H2,1-2H3,(H,29,31). The van der Waals surface area contributed by atoms with Crippen LogP contribution in [0.5, 0.6) is 0 Å². The fraction of sp³-hybridized carbons (Fsp3) is 0.214. The SMILES string of the molecule is COC(=O)C(Cc1ccccc1)NC(=O)CCc1c(-c2ccccc2)[nH]c2c(C)cccc12. The summed E-state index contributed by atoms with van der Waals surface area (Å²) in [6.07, 6.45) is 1.21. The van der Waals surface area contributed by atoms with Gasteiger partial charge in [0.1, 0.15) is 6.04 Å². The molecule has 3 aromatic carbocycles. The summed E-state index contributed by atoms with van der Waals surface area (Å²) < 4.78 is 4.92. The number of para-hydroxylation sites is 1. The average molecular weight is 441 g/mol. The second-order valence-corrected chi connectivity index (χ2v) is 8.18. The number of carbonyl (C=O) groups is 2. The van der Waals surface area contributed by atoms with Crippen LogP contribution in [0.1, 0.15) is 23.1 Å². The monoisotopic (exact) mass is 440 g/mol. The van der Waals surface area contributed by atoms with E-state index in [4.69, 9.17) is 4.74 Å². The number of rotatable bonds is 8. The van der Waals surface area contributed by atoms with E-state index in [9.17, 15) is 9.59 Å². The number of ether oxygens (including phenoxy) is 1. The number of methoxy groups -OCH3 is 1. The fourth-order valence-electron chi connectivity index (χ4n) is 4.22. The number of amides is 1. The highest BCUT2D eigenvalue weighted by Gasteiger charge is 2.22. The number of benzene rings is 3. The minimum Gasteiger partial charge on any atom is -0.467 e. The first-order chi connectivity index (χ1) is 16.1. The van der Waals surface area contributed by atoms with Gasteiger partial charge >= 0.3 is 5.97 Å². The van der Waals surface area contributed by atoms with Crippen molar-refractivity contribution in [2.24, 2.45) is 0 Å². The van der Waals surface area contributed by atoms with Crippen LogP contribution in [-0.2, 0) is 27.2 Å². The molecule has 5 heteroatoms. The third-order valence-corrected chi connectivity index (χ3v) is 5.92. The van der Waals surface area contributed by atoms with E-state index in [1.165, 1.54) is 7.11 Å². The van der Waals surface area contributed by atoms with E-state index in [1.807, 2.05) is 54.6 Å². The molecule has 1 heterocycles. The van der Waals surface area contributed by atoms with E-state index >= 15 is 0 Å². The third kappa shape index (κ3) is 5.14. The molecule has 0 fully saturated rings. The Bertz CT molecular complexity index is 1250. The van der Waals surface area contributed by atoms with Crippen LogP contribution in [0.15, 0.2) is 78.9 Å². The molecular formula is C28H28N2O3. The first-order valence-electron chi connectivity index (χ1n) is 11.1. The third-order valence-electron chi connectivity index (χ3n) is 5.92. The summed E-state index contributed by atoms with van der Waals surface area (Å²) in [4.78, 5) is 28.7. The number of fused-ring (bicyclic) bond motifs is 1. The summed E-state index contributed by atoms with van der Waals surface area (Å²) in [5, 5.41) is 3.99. The van der Waals surface area contributed by atoms with Crippen molar-refractivity contribution in [1.29, 1.82) is 0 Å². The van der Waals surface area contributed by atoms with Crippen molar-refractivity contribution in [3.63, 3.8) is 0 Å². The zero-order valence-corrected chi connectivity index (χ0v) is 18.9. The maximum atomic E-state index is 12.9. The van der Waals surface area contributed by atoms with Gasteiger partial charge < -0.3 is 15.0 Å². The number of esters is 1. The highest BCUT2D eigenvalue weighted by atomic mass is 16.5. The summed E-state index contributed by atoms with van der Waals surface area (Å²) >= 11 is 0. The molecule has 0 radical (unpaired) electrons. The van der Waals surface area contributed by atoms with Crippen LogP contribution >= 0.6 is 0 Å². The highest BCUT2D eigenvalue weighted by molar-refractivity contribution is 5.93. The number of hydrogen-bond donors (Lipinski definition) is 2. The average Bonchev–Trinajstić information content (AvgIpc) is 3.23. The molecule has 0 aliphatic carbocycles. The number of aromatic amines is 1. The Kier molecular flexibility index (Phi) is 6.89. The highest BCUT2D eigenvalue weighted by Crippen LogP contribution is 2.32. The van der Waals surface area contributed by atoms with Gasteiger partial charge in [-0.05, 0) is 35.6 Å². The van der Waals surface area contributed by atoms with Gasteiger partial charge in [0, 0.05) is 29.4 Å². The molecule has 0 spiro atoms. The quantitative estimate of drug-likeness (QED) is 0.380. The lowest BCUT2D eigenvalue weighted by Gasteiger charge is -2.17. The van der Waals surface area contributed by atoms with Gasteiger partial charge in [0.15, 0.2) is 0 Å². The number of aryl methyl sites for hydroxylation is 2. The lowest BCUT2D eigenvalue weighted by Crippen LogP contribution is -2.43. The number of hydrogen-bond acceptors (Lipinski definition) is 3. The van der Waals surface area contributed by atoms with E-state index in [0.717, 1.165) is 38.9 Å². The summed E-state index contributed by atoms with van der Waals surface area (Å²) in [6.45, 7) is 2.08. The molecule has 1 amide bonds. The van der Waals surface area contributed by atoms with Gasteiger partial charge in [-0.3, -0.25) is 4.79 Å². The zero-order valence-electron chi connectivity index (χ0n) is 18.9. The number of aromatic nitrogens is 1. The first kappa shape index (κ1) is 22.3. The molecule has 0 aliphatic rings. The molecule has 33 heavy (non-hydrogen) atoms. The van der Waals surface area contributed by atoms with Crippen molar-refractivity contribution in [1.82, 2.24) is 10.3 Å². The molecule has 1 aromatic heterocycles. The van der Waals surface area contributed by atoms with Gasteiger partial charge in [0.2, 0.25) is 5.91 Å². The predicted molar refractivity (Wildman–Crippen MR) is 131 cm³/mol. The van der Waals surface area contributed by atoms with Crippen molar-refractivity contribution in [2.45, 2.75) is 32.2 Å². The van der Waals surface area contributed by atoms with Crippen molar-refractivity contribution >= 4 is 22.8 Å². The Balaban J connectivity index is 1.54. The summed E-state index contributed by atoms with van der Waals surface area (Å²) in [5.74, 6) is -0.623. The molecule has 5 nitrogen and oxygen atoms in total. The first-order valence-corrected chi connectivity index (χ1v) is 11.1. The van der Waals surface area contributed by atoms with Gasteiger partial charge in [-0.15, -0.1) is 0 Å². The van der Waals surface area contributed by atoms with Crippen LogP contribution in [0.25, 0.3) is 22.2 Å². The van der Waals surface area contributed by atoms with Crippen molar-refractivity contribution in [2.75, 3.05) is 7.11 Å². The maximum absolute atomic E-state index is 12.9. The second kappa shape index (κ2) is 10.2. The number of H-pyrrole nitrogens is 1. The normalized spacial score (nSPS) is 11.8. The van der Waals surface area contributed by atoms with Crippen LogP contribution in [0.3, 0.4) is 0 Å². The van der Waals surface area contributed by atoms with E-state index in [2.05, 4.69) is 41.5 Å². The van der Waals surface area contributed by atoms with Crippen LogP contribution in [0, 0.1) is 6.92 Å². The van der Waals surface area contributed by atoms with E-state index in [-0.39, 0.29) is 12.3 Å². The Labute approximate surface area is 193 Å². The minimum absolute atomic E-state index is 0.178. The molecule has 1 atom stereocenters. The largest absolute Gasteiger partial charge is 0.467 e. The number of nitrogens with one attached hydrogen (secondary N) is 2. The summed E-state index contributed by atoms with van der Waals surface area (Å²) in [5.41, 5.74) is 6.43. The lowest BCUT2D eigenvalue weighted by atomic mass is 10.00. The Morgan fingerprint density at radius 2 is 1.64 bits per heavy atom. The van der Waals surface area contributed by atoms with Gasteiger partial charge in [-0.25, -0.2) is 4.79 Å². The molecule has 0 saturated heterocycles.